The van der Waals surface area contributed by atoms with Gasteiger partial charge in [0.1, 0.15) is 23.8 Å². The number of fused-ring (bicyclic) bond motifs is 1. The summed E-state index contributed by atoms with van der Waals surface area (Å²) in [6, 6.07) is 8.29. The molecule has 2 aromatic heterocycles. The van der Waals surface area contributed by atoms with Gasteiger partial charge in [0.05, 0.1) is 24.1 Å². The van der Waals surface area contributed by atoms with Crippen LogP contribution in [0, 0.1) is 5.92 Å². The number of benzene rings is 1. The van der Waals surface area contributed by atoms with Gasteiger partial charge in [0.25, 0.3) is 0 Å². The molecule has 180 valence electrons. The van der Waals surface area contributed by atoms with E-state index in [9.17, 15) is 9.59 Å². The van der Waals surface area contributed by atoms with Crippen molar-refractivity contribution >= 4 is 28.7 Å². The Morgan fingerprint density at radius 2 is 1.94 bits per heavy atom. The molecule has 1 fully saturated rings. The maximum absolute atomic E-state index is 13.3. The first-order chi connectivity index (χ1) is 16.4. The summed E-state index contributed by atoms with van der Waals surface area (Å²) in [6.45, 7) is 6.27. The zero-order valence-corrected chi connectivity index (χ0v) is 19.8. The fraction of sp³-hybridized carbons (Fsp3) is 0.440. The number of carbonyl (C=O) groups is 2. The molecule has 0 spiro atoms. The molecule has 1 saturated heterocycles. The van der Waals surface area contributed by atoms with Crippen LogP contribution in [0.15, 0.2) is 42.9 Å². The van der Waals surface area contributed by atoms with E-state index >= 15 is 0 Å². The van der Waals surface area contributed by atoms with Crippen LogP contribution >= 0.6 is 0 Å². The largest absolute Gasteiger partial charge is 0.464 e. The number of nitrogens with two attached hydrogens (primary N) is 2. The Morgan fingerprint density at radius 3 is 2.62 bits per heavy atom. The Bertz CT molecular complexity index is 1180. The molecule has 3 heterocycles. The standard InChI is InChI=1S/C25H32N6O3/c1-4-15(3)21(26)24(32)31-12-17(11-19(31)25(33)34-5-2)30-13-18(16-9-7-6-8-10-16)20-22(27)28-14-29-23(20)30/h6-10,13-15,17,19,21H,4-5,11-12,26H2,1-3H3,(H2,27,28,29)/t15?,17-,19+,21?/m0/s1. The summed E-state index contributed by atoms with van der Waals surface area (Å²) in [5.41, 5.74) is 15.1. The molecule has 9 nitrogen and oxygen atoms in total. The van der Waals surface area contributed by atoms with E-state index in [1.165, 1.54) is 6.33 Å². The second-order valence-electron chi connectivity index (χ2n) is 8.83. The van der Waals surface area contributed by atoms with Crippen LogP contribution in [0.25, 0.3) is 22.2 Å². The monoisotopic (exact) mass is 464 g/mol. The Balaban J connectivity index is 1.76. The minimum Gasteiger partial charge on any atom is -0.464 e. The zero-order chi connectivity index (χ0) is 24.4. The molecule has 0 aliphatic carbocycles. The normalized spacial score (nSPS) is 19.8. The first kappa shape index (κ1) is 23.7. The highest BCUT2D eigenvalue weighted by Crippen LogP contribution is 2.38. The van der Waals surface area contributed by atoms with E-state index < -0.39 is 18.1 Å². The topological polar surface area (TPSA) is 129 Å². The third kappa shape index (κ3) is 4.23. The molecule has 2 unspecified atom stereocenters. The Hall–Kier alpha value is -3.46. The minimum absolute atomic E-state index is 0.000901. The van der Waals surface area contributed by atoms with Crippen molar-refractivity contribution in [2.24, 2.45) is 11.7 Å². The van der Waals surface area contributed by atoms with E-state index in [1.54, 1.807) is 11.8 Å². The molecular formula is C25H32N6O3. The number of hydrogen-bond acceptors (Lipinski definition) is 7. The molecule has 1 aromatic carbocycles. The number of nitrogens with zero attached hydrogens (tertiary/aromatic N) is 4. The number of amides is 1. The highest BCUT2D eigenvalue weighted by atomic mass is 16.5. The maximum Gasteiger partial charge on any atom is 0.328 e. The van der Waals surface area contributed by atoms with E-state index in [0.717, 1.165) is 22.9 Å². The molecule has 3 aromatic rings. The summed E-state index contributed by atoms with van der Waals surface area (Å²) >= 11 is 0. The van der Waals surface area contributed by atoms with Gasteiger partial charge in [0.15, 0.2) is 0 Å². The van der Waals surface area contributed by atoms with Crippen molar-refractivity contribution in [3.05, 3.63) is 42.9 Å². The minimum atomic E-state index is -0.704. The van der Waals surface area contributed by atoms with Gasteiger partial charge in [-0.25, -0.2) is 14.8 Å². The number of rotatable bonds is 7. The van der Waals surface area contributed by atoms with Crippen LogP contribution in [0.1, 0.15) is 39.7 Å². The van der Waals surface area contributed by atoms with E-state index in [0.29, 0.717) is 24.4 Å². The smallest absolute Gasteiger partial charge is 0.328 e. The van der Waals surface area contributed by atoms with Gasteiger partial charge >= 0.3 is 5.97 Å². The average molecular weight is 465 g/mol. The predicted molar refractivity (Wildman–Crippen MR) is 131 cm³/mol. The number of nitrogen functional groups attached to an aromatic ring is 1. The molecule has 0 radical (unpaired) electrons. The van der Waals surface area contributed by atoms with Gasteiger partial charge in [0.2, 0.25) is 5.91 Å². The van der Waals surface area contributed by atoms with Gasteiger partial charge < -0.3 is 25.7 Å². The van der Waals surface area contributed by atoms with E-state index in [1.807, 2.05) is 54.9 Å². The Morgan fingerprint density at radius 1 is 1.21 bits per heavy atom. The molecule has 34 heavy (non-hydrogen) atoms. The highest BCUT2D eigenvalue weighted by Gasteiger charge is 2.43. The van der Waals surface area contributed by atoms with Crippen LogP contribution in [-0.2, 0) is 14.3 Å². The molecule has 4 N–H and O–H groups in total. The molecule has 1 aliphatic rings. The number of aromatic nitrogens is 3. The summed E-state index contributed by atoms with van der Waals surface area (Å²) in [4.78, 5) is 36.4. The van der Waals surface area contributed by atoms with Gasteiger partial charge in [-0.3, -0.25) is 4.79 Å². The van der Waals surface area contributed by atoms with Crippen molar-refractivity contribution < 1.29 is 14.3 Å². The molecule has 1 aliphatic heterocycles. The number of likely N-dealkylation sites (tertiary alicyclic amines) is 1. The predicted octanol–water partition coefficient (Wildman–Crippen LogP) is 2.76. The lowest BCUT2D eigenvalue weighted by Crippen LogP contribution is -2.51. The number of carbonyl (C=O) groups excluding carboxylic acids is 2. The fourth-order valence-electron chi connectivity index (χ4n) is 4.63. The summed E-state index contributed by atoms with van der Waals surface area (Å²) in [7, 11) is 0. The van der Waals surface area contributed by atoms with Gasteiger partial charge in [-0.05, 0) is 18.4 Å². The van der Waals surface area contributed by atoms with E-state index in [4.69, 9.17) is 16.2 Å². The summed E-state index contributed by atoms with van der Waals surface area (Å²) < 4.78 is 7.31. The number of hydrogen-bond donors (Lipinski definition) is 2. The summed E-state index contributed by atoms with van der Waals surface area (Å²) in [5, 5.41) is 0.752. The lowest BCUT2D eigenvalue weighted by atomic mass is 9.98. The quantitative estimate of drug-likeness (QED) is 0.514. The van der Waals surface area contributed by atoms with E-state index in [2.05, 4.69) is 9.97 Å². The zero-order valence-electron chi connectivity index (χ0n) is 19.8. The second kappa shape index (κ2) is 9.80. The van der Waals surface area contributed by atoms with Crippen molar-refractivity contribution in [3.63, 3.8) is 0 Å². The van der Waals surface area contributed by atoms with Crippen LogP contribution < -0.4 is 11.5 Å². The molecular weight excluding hydrogens is 432 g/mol. The Labute approximate surface area is 199 Å². The van der Waals surface area contributed by atoms with Crippen LogP contribution in [0.4, 0.5) is 5.82 Å². The van der Waals surface area contributed by atoms with E-state index in [-0.39, 0.29) is 24.5 Å². The summed E-state index contributed by atoms with van der Waals surface area (Å²) in [6.07, 6.45) is 4.59. The van der Waals surface area contributed by atoms with Crippen molar-refractivity contribution in [1.82, 2.24) is 19.4 Å². The Kier molecular flexibility index (Phi) is 6.83. The first-order valence-electron chi connectivity index (χ1n) is 11.8. The SMILES string of the molecule is CCOC(=O)[C@H]1C[C@H](n2cc(-c3ccccc3)c3c(N)ncnc32)CN1C(=O)C(N)C(C)CC. The molecule has 4 atom stereocenters. The third-order valence-electron chi connectivity index (χ3n) is 6.78. The number of ether oxygens (including phenoxy) is 1. The molecule has 0 saturated carbocycles. The van der Waals surface area contributed by atoms with Gasteiger partial charge in [0, 0.05) is 24.7 Å². The number of esters is 1. The molecule has 9 heteroatoms. The van der Waals surface area contributed by atoms with Crippen molar-refractivity contribution in [1.29, 1.82) is 0 Å². The van der Waals surface area contributed by atoms with Crippen molar-refractivity contribution in [3.8, 4) is 11.1 Å². The molecule has 0 bridgehead atoms. The van der Waals surface area contributed by atoms with Crippen LogP contribution in [-0.4, -0.2) is 56.5 Å². The first-order valence-corrected chi connectivity index (χ1v) is 11.8. The fourth-order valence-corrected chi connectivity index (χ4v) is 4.63. The third-order valence-corrected chi connectivity index (χ3v) is 6.78. The maximum atomic E-state index is 13.3. The summed E-state index contributed by atoms with van der Waals surface area (Å²) in [5.74, 6) is -0.263. The average Bonchev–Trinajstić information content (AvgIpc) is 3.46. The van der Waals surface area contributed by atoms with Gasteiger partial charge in [-0.1, -0.05) is 50.6 Å². The van der Waals surface area contributed by atoms with Crippen LogP contribution in [0.5, 0.6) is 0 Å². The lowest BCUT2D eigenvalue weighted by Gasteiger charge is -2.28. The van der Waals surface area contributed by atoms with Crippen molar-refractivity contribution in [2.45, 2.75) is 51.7 Å². The molecule has 1 amide bonds. The van der Waals surface area contributed by atoms with Crippen LogP contribution in [0.3, 0.4) is 0 Å². The number of anilines is 1. The lowest BCUT2D eigenvalue weighted by molar-refractivity contribution is -0.153. The molecule has 4 rings (SSSR count). The van der Waals surface area contributed by atoms with Gasteiger partial charge in [-0.15, -0.1) is 0 Å². The second-order valence-corrected chi connectivity index (χ2v) is 8.83. The van der Waals surface area contributed by atoms with Crippen LogP contribution in [0.2, 0.25) is 0 Å². The van der Waals surface area contributed by atoms with Gasteiger partial charge in [-0.2, -0.15) is 0 Å². The van der Waals surface area contributed by atoms with Crippen molar-refractivity contribution in [2.75, 3.05) is 18.9 Å². The highest BCUT2D eigenvalue weighted by molar-refractivity contribution is 6.00.